The van der Waals surface area contributed by atoms with E-state index in [-0.39, 0.29) is 17.3 Å². The van der Waals surface area contributed by atoms with E-state index in [1.165, 1.54) is 19.2 Å². The minimum atomic E-state index is -0.546. The van der Waals surface area contributed by atoms with Gasteiger partial charge in [-0.3, -0.25) is 4.79 Å². The second kappa shape index (κ2) is 9.14. The van der Waals surface area contributed by atoms with Gasteiger partial charge in [-0.2, -0.15) is 0 Å². The summed E-state index contributed by atoms with van der Waals surface area (Å²) in [5.41, 5.74) is 6.67. The first kappa shape index (κ1) is 23.2. The van der Waals surface area contributed by atoms with Gasteiger partial charge in [0.1, 0.15) is 5.82 Å². The Balaban J connectivity index is 1.77. The molecule has 1 aliphatic heterocycles. The molecule has 1 aromatic heterocycles. The zero-order chi connectivity index (χ0) is 24.6. The molecule has 0 saturated heterocycles. The van der Waals surface area contributed by atoms with Crippen LogP contribution in [0.4, 0.5) is 4.39 Å². The number of amides is 1. The van der Waals surface area contributed by atoms with Crippen LogP contribution in [0.15, 0.2) is 71.4 Å². The highest BCUT2D eigenvalue weighted by Crippen LogP contribution is 2.34. The summed E-state index contributed by atoms with van der Waals surface area (Å²) in [6, 6.07) is 16.1. The Morgan fingerprint density at radius 1 is 1.00 bits per heavy atom. The van der Waals surface area contributed by atoms with Gasteiger partial charge in [-0.1, -0.05) is 29.8 Å². The Morgan fingerprint density at radius 3 is 2.26 bits per heavy atom. The van der Waals surface area contributed by atoms with Crippen LogP contribution in [0.2, 0.25) is 0 Å². The Labute approximate surface area is 198 Å². The van der Waals surface area contributed by atoms with Gasteiger partial charge < -0.3 is 14.2 Å². The van der Waals surface area contributed by atoms with E-state index in [1.807, 2.05) is 55.7 Å². The SMILES string of the molecule is COC(=O)C1=C(C)N(Cc2ccc(C)cc2)C(=O)/C1=C\c1cc(C)n(-c2ccc(F)cc2)c1C. The van der Waals surface area contributed by atoms with Crippen molar-refractivity contribution < 1.29 is 18.7 Å². The van der Waals surface area contributed by atoms with Crippen molar-refractivity contribution in [2.45, 2.75) is 34.2 Å². The minimum absolute atomic E-state index is 0.245. The lowest BCUT2D eigenvalue weighted by Gasteiger charge is -2.18. The van der Waals surface area contributed by atoms with Crippen LogP contribution in [0.25, 0.3) is 11.8 Å². The van der Waals surface area contributed by atoms with Crippen LogP contribution < -0.4 is 0 Å². The maximum absolute atomic E-state index is 13.5. The van der Waals surface area contributed by atoms with Crippen molar-refractivity contribution in [2.75, 3.05) is 7.11 Å². The normalized spacial score (nSPS) is 14.9. The van der Waals surface area contributed by atoms with Gasteiger partial charge in [-0.25, -0.2) is 9.18 Å². The van der Waals surface area contributed by atoms with Crippen LogP contribution in [0.3, 0.4) is 0 Å². The molecule has 3 aromatic rings. The quantitative estimate of drug-likeness (QED) is 0.379. The first-order valence-corrected chi connectivity index (χ1v) is 11.0. The third kappa shape index (κ3) is 4.19. The molecule has 5 nitrogen and oxygen atoms in total. The Morgan fingerprint density at radius 2 is 1.65 bits per heavy atom. The molecule has 4 rings (SSSR count). The number of aromatic nitrogens is 1. The molecule has 1 aliphatic rings. The van der Waals surface area contributed by atoms with E-state index in [0.717, 1.165) is 33.8 Å². The third-order valence-electron chi connectivity index (χ3n) is 6.22. The molecule has 0 radical (unpaired) electrons. The highest BCUT2D eigenvalue weighted by molar-refractivity contribution is 6.16. The number of carbonyl (C=O) groups excluding carboxylic acids is 2. The summed E-state index contributed by atoms with van der Waals surface area (Å²) in [6.45, 7) is 8.01. The molecule has 0 saturated carbocycles. The number of carbonyl (C=O) groups is 2. The van der Waals surface area contributed by atoms with E-state index in [2.05, 4.69) is 0 Å². The van der Waals surface area contributed by atoms with Crippen molar-refractivity contribution in [3.63, 3.8) is 0 Å². The molecule has 2 heterocycles. The van der Waals surface area contributed by atoms with Crippen molar-refractivity contribution >= 4 is 18.0 Å². The fraction of sp³-hybridized carbons (Fsp3) is 0.214. The van der Waals surface area contributed by atoms with Gasteiger partial charge >= 0.3 is 5.97 Å². The van der Waals surface area contributed by atoms with Gasteiger partial charge in [0.05, 0.1) is 24.8 Å². The molecule has 0 bridgehead atoms. The smallest absolute Gasteiger partial charge is 0.340 e. The lowest BCUT2D eigenvalue weighted by Crippen LogP contribution is -2.24. The van der Waals surface area contributed by atoms with Gasteiger partial charge in [0.15, 0.2) is 0 Å². The lowest BCUT2D eigenvalue weighted by atomic mass is 10.0. The average molecular weight is 459 g/mol. The predicted molar refractivity (Wildman–Crippen MR) is 130 cm³/mol. The maximum Gasteiger partial charge on any atom is 0.340 e. The summed E-state index contributed by atoms with van der Waals surface area (Å²) in [5.74, 6) is -1.09. The molecule has 0 unspecified atom stereocenters. The van der Waals surface area contributed by atoms with E-state index >= 15 is 0 Å². The van der Waals surface area contributed by atoms with Gasteiger partial charge in [0, 0.05) is 22.8 Å². The number of halogens is 1. The number of benzene rings is 2. The second-order valence-corrected chi connectivity index (χ2v) is 8.53. The summed E-state index contributed by atoms with van der Waals surface area (Å²) in [4.78, 5) is 27.8. The average Bonchev–Trinajstić information content (AvgIpc) is 3.22. The Hall–Kier alpha value is -3.93. The molecule has 174 valence electrons. The number of rotatable bonds is 5. The molecule has 2 aromatic carbocycles. The van der Waals surface area contributed by atoms with Gasteiger partial charge in [0.25, 0.3) is 5.91 Å². The van der Waals surface area contributed by atoms with Crippen LogP contribution >= 0.6 is 0 Å². The number of hydrogen-bond donors (Lipinski definition) is 0. The van der Waals surface area contributed by atoms with Crippen molar-refractivity contribution in [3.8, 4) is 5.69 Å². The molecule has 34 heavy (non-hydrogen) atoms. The number of ether oxygens (including phenoxy) is 1. The zero-order valence-corrected chi connectivity index (χ0v) is 20.0. The van der Waals surface area contributed by atoms with Crippen LogP contribution in [0, 0.1) is 26.6 Å². The highest BCUT2D eigenvalue weighted by atomic mass is 19.1. The largest absolute Gasteiger partial charge is 0.465 e. The number of hydrogen-bond acceptors (Lipinski definition) is 3. The van der Waals surface area contributed by atoms with E-state index < -0.39 is 5.97 Å². The van der Waals surface area contributed by atoms with E-state index in [0.29, 0.717) is 17.8 Å². The number of methoxy groups -OCH3 is 1. The first-order chi connectivity index (χ1) is 16.2. The topological polar surface area (TPSA) is 51.5 Å². The standard InChI is InChI=1S/C28H27FN2O3/c1-17-6-8-21(9-7-17)16-30-20(4)26(28(33)34-5)25(27(30)32)15-22-14-18(2)31(19(22)3)24-12-10-23(29)11-13-24/h6-15H,16H2,1-5H3/b25-15-. The summed E-state index contributed by atoms with van der Waals surface area (Å²) >= 11 is 0. The summed E-state index contributed by atoms with van der Waals surface area (Å²) < 4.78 is 20.4. The van der Waals surface area contributed by atoms with Gasteiger partial charge in [-0.15, -0.1) is 0 Å². The number of nitrogens with zero attached hydrogens (tertiary/aromatic N) is 2. The monoisotopic (exact) mass is 458 g/mol. The number of esters is 1. The van der Waals surface area contributed by atoms with Crippen LogP contribution in [0.5, 0.6) is 0 Å². The molecular formula is C28H27FN2O3. The zero-order valence-electron chi connectivity index (χ0n) is 20.0. The van der Waals surface area contributed by atoms with E-state index in [9.17, 15) is 14.0 Å². The second-order valence-electron chi connectivity index (χ2n) is 8.53. The number of aryl methyl sites for hydroxylation is 2. The van der Waals surface area contributed by atoms with Gasteiger partial charge in [0.2, 0.25) is 0 Å². The third-order valence-corrected chi connectivity index (χ3v) is 6.22. The van der Waals surface area contributed by atoms with Gasteiger partial charge in [-0.05, 0) is 75.2 Å². The van der Waals surface area contributed by atoms with Crippen molar-refractivity contribution in [1.82, 2.24) is 9.47 Å². The molecule has 0 N–H and O–H groups in total. The van der Waals surface area contributed by atoms with Crippen molar-refractivity contribution in [2.24, 2.45) is 0 Å². The van der Waals surface area contributed by atoms with Crippen molar-refractivity contribution in [3.05, 3.63) is 105 Å². The molecule has 6 heteroatoms. The van der Waals surface area contributed by atoms with E-state index in [1.54, 1.807) is 30.0 Å². The molecular weight excluding hydrogens is 431 g/mol. The van der Waals surface area contributed by atoms with E-state index in [4.69, 9.17) is 4.74 Å². The summed E-state index contributed by atoms with van der Waals surface area (Å²) in [5, 5.41) is 0. The molecule has 1 amide bonds. The molecule has 0 spiro atoms. The minimum Gasteiger partial charge on any atom is -0.465 e. The van der Waals surface area contributed by atoms with Crippen molar-refractivity contribution in [1.29, 1.82) is 0 Å². The fourth-order valence-electron chi connectivity index (χ4n) is 4.37. The molecule has 0 fully saturated rings. The summed E-state index contributed by atoms with van der Waals surface area (Å²) in [6.07, 6.45) is 1.75. The fourth-order valence-corrected chi connectivity index (χ4v) is 4.37. The number of allylic oxidation sites excluding steroid dienone is 1. The Bertz CT molecular complexity index is 1330. The summed E-state index contributed by atoms with van der Waals surface area (Å²) in [7, 11) is 1.31. The predicted octanol–water partition coefficient (Wildman–Crippen LogP) is 5.41. The first-order valence-electron chi connectivity index (χ1n) is 11.0. The lowest BCUT2D eigenvalue weighted by molar-refractivity contribution is -0.136. The molecule has 0 atom stereocenters. The highest BCUT2D eigenvalue weighted by Gasteiger charge is 2.37. The van der Waals surface area contributed by atoms with Crippen LogP contribution in [0.1, 0.15) is 35.0 Å². The maximum atomic E-state index is 13.5. The van der Waals surface area contributed by atoms with Crippen LogP contribution in [-0.4, -0.2) is 28.5 Å². The molecule has 0 aliphatic carbocycles. The Kier molecular flexibility index (Phi) is 6.24. The van der Waals surface area contributed by atoms with Crippen LogP contribution in [-0.2, 0) is 20.9 Å².